The molecule has 2 spiro atoms. The molecule has 5 nitrogen and oxygen atoms in total. The number of carbonyl (C=O) groups excluding carboxylic acids is 1. The van der Waals surface area contributed by atoms with Gasteiger partial charge in [0.2, 0.25) is 0 Å². The van der Waals surface area contributed by atoms with E-state index in [-0.39, 0.29) is 29.5 Å². The highest BCUT2D eigenvalue weighted by Gasteiger charge is 2.80. The van der Waals surface area contributed by atoms with Crippen LogP contribution in [-0.2, 0) is 23.7 Å². The third-order valence-electron chi connectivity index (χ3n) is 9.45. The first kappa shape index (κ1) is 20.6. The number of ketones is 1. The lowest BCUT2D eigenvalue weighted by Gasteiger charge is -2.53. The minimum atomic E-state index is -0.903. The molecule has 2 saturated heterocycles. The van der Waals surface area contributed by atoms with Crippen LogP contribution in [0, 0.1) is 34.5 Å². The van der Waals surface area contributed by atoms with E-state index in [1.807, 2.05) is 27.7 Å². The molecule has 0 amide bonds. The first-order chi connectivity index (χ1) is 14.3. The predicted octanol–water partition coefficient (Wildman–Crippen LogP) is 4.41. The van der Waals surface area contributed by atoms with Gasteiger partial charge in [-0.3, -0.25) is 4.79 Å². The number of ether oxygens (including phenoxy) is 4. The predicted molar refractivity (Wildman–Crippen MR) is 115 cm³/mol. The van der Waals surface area contributed by atoms with Gasteiger partial charge in [-0.05, 0) is 75.4 Å². The Morgan fingerprint density at radius 3 is 2.39 bits per heavy atom. The second-order valence-electron chi connectivity index (χ2n) is 12.5. The van der Waals surface area contributed by atoms with Crippen LogP contribution < -0.4 is 0 Å². The Morgan fingerprint density at radius 1 is 1.00 bits per heavy atom. The Morgan fingerprint density at radius 2 is 1.68 bits per heavy atom. The third kappa shape index (κ3) is 2.24. The molecule has 2 saturated carbocycles. The van der Waals surface area contributed by atoms with E-state index < -0.39 is 22.6 Å². The van der Waals surface area contributed by atoms with E-state index in [9.17, 15) is 4.79 Å². The average Bonchev–Trinajstić information content (AvgIpc) is 2.97. The summed E-state index contributed by atoms with van der Waals surface area (Å²) in [4.78, 5) is 14.7. The lowest BCUT2D eigenvalue weighted by atomic mass is 9.58. The fraction of sp³-hybridized carbons (Fsp3) is 0.808. The van der Waals surface area contributed by atoms with Gasteiger partial charge in [0.05, 0.1) is 12.0 Å². The monoisotopic (exact) mass is 428 g/mol. The molecule has 2 heterocycles. The van der Waals surface area contributed by atoms with E-state index in [4.69, 9.17) is 18.9 Å². The van der Waals surface area contributed by atoms with Gasteiger partial charge in [-0.15, -0.1) is 0 Å². The molecular weight excluding hydrogens is 392 g/mol. The second kappa shape index (κ2) is 5.55. The molecule has 8 atom stereocenters. The molecule has 4 fully saturated rings. The topological polar surface area (TPSA) is 54.0 Å². The van der Waals surface area contributed by atoms with Crippen molar-refractivity contribution in [2.75, 3.05) is 6.61 Å². The van der Waals surface area contributed by atoms with Crippen molar-refractivity contribution in [1.29, 1.82) is 0 Å². The molecule has 170 valence electrons. The van der Waals surface area contributed by atoms with Gasteiger partial charge in [0.15, 0.2) is 17.4 Å². The van der Waals surface area contributed by atoms with E-state index >= 15 is 0 Å². The Labute approximate surface area is 185 Å². The molecule has 5 heteroatoms. The van der Waals surface area contributed by atoms with Crippen molar-refractivity contribution in [1.82, 2.24) is 0 Å². The summed E-state index contributed by atoms with van der Waals surface area (Å²) in [6.45, 7) is 17.3. The quantitative estimate of drug-likeness (QED) is 0.535. The molecule has 2 aliphatic heterocycles. The molecule has 6 rings (SSSR count). The van der Waals surface area contributed by atoms with E-state index in [2.05, 4.69) is 39.8 Å². The lowest BCUT2D eigenvalue weighted by molar-refractivity contribution is -0.304. The van der Waals surface area contributed by atoms with Gasteiger partial charge in [0.25, 0.3) is 0 Å². The maximum atomic E-state index is 14.7. The van der Waals surface area contributed by atoms with Crippen molar-refractivity contribution >= 4 is 5.78 Å². The highest BCUT2D eigenvalue weighted by molar-refractivity contribution is 5.95. The largest absolute Gasteiger partial charge is 0.346 e. The third-order valence-corrected chi connectivity index (χ3v) is 9.45. The number of Topliss-reactive ketones (excluding diaryl/α,β-unsaturated/α-hetero) is 1. The SMILES string of the molecule is CC1=C[C@@]23C(=O)[C@@H](C=C4COC(C)(C)O[C@@H]4[C@]24OC(C)(C)O[C@H]14)[C@@H]1[C@@H](C[C@H]3C)C1(C)C. The first-order valence-electron chi connectivity index (χ1n) is 11.9. The van der Waals surface area contributed by atoms with Crippen molar-refractivity contribution in [3.05, 3.63) is 23.3 Å². The van der Waals surface area contributed by atoms with Crippen molar-refractivity contribution in [2.24, 2.45) is 34.5 Å². The van der Waals surface area contributed by atoms with Gasteiger partial charge in [-0.1, -0.05) is 32.9 Å². The number of carbonyl (C=O) groups is 1. The highest BCUT2D eigenvalue weighted by Crippen LogP contribution is 2.73. The number of rotatable bonds is 0. The summed E-state index contributed by atoms with van der Waals surface area (Å²) in [5, 5.41) is 0. The molecule has 6 aliphatic rings. The zero-order valence-corrected chi connectivity index (χ0v) is 20.1. The van der Waals surface area contributed by atoms with Crippen LogP contribution in [0.4, 0.5) is 0 Å². The zero-order valence-electron chi connectivity index (χ0n) is 20.1. The first-order valence-corrected chi connectivity index (χ1v) is 11.9. The van der Waals surface area contributed by atoms with E-state index in [0.717, 1.165) is 17.6 Å². The summed E-state index contributed by atoms with van der Waals surface area (Å²) in [6, 6.07) is 0. The smallest absolute Gasteiger partial charge is 0.164 e. The van der Waals surface area contributed by atoms with Crippen molar-refractivity contribution < 1.29 is 23.7 Å². The number of fused-ring (bicyclic) bond motifs is 4. The summed E-state index contributed by atoms with van der Waals surface area (Å²) in [5.41, 5.74) is 0.650. The minimum absolute atomic E-state index is 0.134. The van der Waals surface area contributed by atoms with Crippen LogP contribution >= 0.6 is 0 Å². The molecule has 4 aliphatic carbocycles. The maximum Gasteiger partial charge on any atom is 0.164 e. The molecule has 0 aromatic rings. The highest BCUT2D eigenvalue weighted by atomic mass is 16.8. The average molecular weight is 429 g/mol. The van der Waals surface area contributed by atoms with Gasteiger partial charge in [-0.25, -0.2) is 0 Å². The number of hydrogen-bond acceptors (Lipinski definition) is 5. The molecule has 0 aromatic heterocycles. The van der Waals surface area contributed by atoms with E-state index in [1.165, 1.54) is 0 Å². The summed E-state index contributed by atoms with van der Waals surface area (Å²) >= 11 is 0. The molecule has 0 radical (unpaired) electrons. The van der Waals surface area contributed by atoms with Gasteiger partial charge >= 0.3 is 0 Å². The summed E-state index contributed by atoms with van der Waals surface area (Å²) < 4.78 is 26.2. The Balaban J connectivity index is 1.64. The van der Waals surface area contributed by atoms with Crippen molar-refractivity contribution in [3.63, 3.8) is 0 Å². The standard InChI is InChI=1S/C26H36O5/c1-13-11-25-14(2)9-17-18(22(17,3)4)16(19(25)27)10-15-12-28-23(5,6)30-21(15)26(25)20(13)29-24(7,8)31-26/h10-11,14,16-18,20-21H,9,12H2,1-8H3/t14-,16+,17-,18-,20-,21+,25-,26+/m1/s1. The zero-order chi connectivity index (χ0) is 22.4. The maximum absolute atomic E-state index is 14.7. The Bertz CT molecular complexity index is 941. The molecule has 31 heavy (non-hydrogen) atoms. The van der Waals surface area contributed by atoms with E-state index in [0.29, 0.717) is 24.2 Å². The normalized spacial score (nSPS) is 52.6. The fourth-order valence-corrected chi connectivity index (χ4v) is 8.17. The number of allylic oxidation sites excluding steroid dienone is 1. The van der Waals surface area contributed by atoms with Crippen molar-refractivity contribution in [3.8, 4) is 0 Å². The van der Waals surface area contributed by atoms with Gasteiger partial charge in [0, 0.05) is 5.92 Å². The van der Waals surface area contributed by atoms with Crippen LogP contribution in [0.1, 0.15) is 61.8 Å². The summed E-state index contributed by atoms with van der Waals surface area (Å²) in [7, 11) is 0. The Hall–Kier alpha value is -1.01. The van der Waals surface area contributed by atoms with Crippen LogP contribution in [0.3, 0.4) is 0 Å². The molecular formula is C26H36O5. The molecule has 0 unspecified atom stereocenters. The van der Waals surface area contributed by atoms with Crippen molar-refractivity contribution in [2.45, 2.75) is 91.2 Å². The van der Waals surface area contributed by atoms with Crippen LogP contribution in [0.2, 0.25) is 0 Å². The minimum Gasteiger partial charge on any atom is -0.346 e. The Kier molecular flexibility index (Phi) is 3.68. The van der Waals surface area contributed by atoms with Crippen LogP contribution in [0.15, 0.2) is 23.3 Å². The van der Waals surface area contributed by atoms with Gasteiger partial charge < -0.3 is 18.9 Å². The summed E-state index contributed by atoms with van der Waals surface area (Å²) in [5.74, 6) is -0.335. The van der Waals surface area contributed by atoms with Crippen LogP contribution in [0.25, 0.3) is 0 Å². The lowest BCUT2D eigenvalue weighted by Crippen LogP contribution is -2.67. The number of hydrogen-bond donors (Lipinski definition) is 0. The molecule has 0 N–H and O–H groups in total. The molecule has 0 aromatic carbocycles. The second-order valence-corrected chi connectivity index (χ2v) is 12.5. The molecule has 2 bridgehead atoms. The van der Waals surface area contributed by atoms with Gasteiger partial charge in [-0.2, -0.15) is 0 Å². The van der Waals surface area contributed by atoms with E-state index in [1.54, 1.807) is 0 Å². The van der Waals surface area contributed by atoms with Crippen LogP contribution in [-0.4, -0.2) is 41.8 Å². The van der Waals surface area contributed by atoms with Gasteiger partial charge in [0.1, 0.15) is 17.8 Å². The van der Waals surface area contributed by atoms with Crippen LogP contribution in [0.5, 0.6) is 0 Å². The summed E-state index contributed by atoms with van der Waals surface area (Å²) in [6.07, 6.45) is 4.76. The fourth-order valence-electron chi connectivity index (χ4n) is 8.17.